The number of pyridine rings is 1. The van der Waals surface area contributed by atoms with Crippen molar-refractivity contribution in [1.82, 2.24) is 34.6 Å². The molecule has 4 heterocycles. The first kappa shape index (κ1) is 23.5. The third-order valence-electron chi connectivity index (χ3n) is 7.28. The second-order valence-corrected chi connectivity index (χ2v) is 10.4. The van der Waals surface area contributed by atoms with Gasteiger partial charge in [0, 0.05) is 54.8 Å². The lowest BCUT2D eigenvalue weighted by atomic mass is 9.87. The molecule has 8 heteroatoms. The molecule has 1 fully saturated rings. The number of likely N-dealkylation sites (tertiary alicyclic amines) is 1. The molecule has 184 valence electrons. The molecule has 1 amide bonds. The van der Waals surface area contributed by atoms with E-state index in [0.717, 1.165) is 54.8 Å². The van der Waals surface area contributed by atoms with Gasteiger partial charge < -0.3 is 9.80 Å². The molecule has 5 rings (SSSR count). The molecule has 1 aliphatic heterocycles. The summed E-state index contributed by atoms with van der Waals surface area (Å²) >= 11 is 0. The minimum absolute atomic E-state index is 0.262. The van der Waals surface area contributed by atoms with E-state index >= 15 is 0 Å². The van der Waals surface area contributed by atoms with Crippen molar-refractivity contribution in [2.24, 2.45) is 0 Å². The number of carbonyl (C=O) groups excluding carboxylic acids is 1. The predicted molar refractivity (Wildman–Crippen MR) is 139 cm³/mol. The van der Waals surface area contributed by atoms with E-state index in [1.54, 1.807) is 6.33 Å². The molecule has 8 nitrogen and oxygen atoms in total. The van der Waals surface area contributed by atoms with E-state index in [0.29, 0.717) is 18.3 Å². The molecular formula is C27H35N7O. The van der Waals surface area contributed by atoms with Crippen molar-refractivity contribution < 1.29 is 4.79 Å². The Morgan fingerprint density at radius 2 is 1.97 bits per heavy atom. The summed E-state index contributed by atoms with van der Waals surface area (Å²) in [7, 11) is 4.02. The van der Waals surface area contributed by atoms with Crippen LogP contribution in [0.4, 0.5) is 0 Å². The van der Waals surface area contributed by atoms with Crippen LogP contribution in [0.3, 0.4) is 0 Å². The molecule has 35 heavy (non-hydrogen) atoms. The third kappa shape index (κ3) is 4.55. The molecule has 0 aliphatic carbocycles. The number of hydrogen-bond acceptors (Lipinski definition) is 5. The Bertz CT molecular complexity index is 1360. The molecule has 1 N–H and O–H groups in total. The minimum Gasteiger partial charge on any atom is -0.343 e. The van der Waals surface area contributed by atoms with E-state index in [2.05, 4.69) is 65.2 Å². The summed E-state index contributed by atoms with van der Waals surface area (Å²) in [6.45, 7) is 8.97. The molecule has 3 aromatic heterocycles. The maximum atomic E-state index is 12.6. The fraction of sp³-hybridized carbons (Fsp3) is 0.481. The Kier molecular flexibility index (Phi) is 6.32. The van der Waals surface area contributed by atoms with Crippen molar-refractivity contribution in [3.8, 4) is 11.1 Å². The number of rotatable bonds is 6. The lowest BCUT2D eigenvalue weighted by Crippen LogP contribution is -2.39. The molecule has 1 saturated heterocycles. The summed E-state index contributed by atoms with van der Waals surface area (Å²) in [5.41, 5.74) is 7.79. The fourth-order valence-corrected chi connectivity index (χ4v) is 5.27. The number of piperidine rings is 1. The van der Waals surface area contributed by atoms with Crippen LogP contribution in [-0.2, 0) is 4.79 Å². The molecule has 0 atom stereocenters. The summed E-state index contributed by atoms with van der Waals surface area (Å²) in [6.07, 6.45) is 6.17. The van der Waals surface area contributed by atoms with E-state index < -0.39 is 0 Å². The third-order valence-corrected chi connectivity index (χ3v) is 7.28. The smallest absolute Gasteiger partial charge is 0.223 e. The van der Waals surface area contributed by atoms with E-state index in [1.807, 2.05) is 23.5 Å². The van der Waals surface area contributed by atoms with Gasteiger partial charge in [-0.1, -0.05) is 13.8 Å². The quantitative estimate of drug-likeness (QED) is 0.450. The second kappa shape index (κ2) is 9.41. The number of nitrogens with one attached hydrogen (secondary N) is 1. The molecule has 1 aliphatic rings. The Labute approximate surface area is 206 Å². The molecule has 0 bridgehead atoms. The standard InChI is InChI=1S/C27H35N7O/c1-17(2)21-13-23-24(14-22(21)20-12-18(3)27-28-16-29-34(27)15-20)30-31-26(23)19-6-10-33(11-7-19)25(35)8-9-32(4)5/h12-17,19H,6-11H2,1-5H3,(H,30,31). The minimum atomic E-state index is 0.262. The summed E-state index contributed by atoms with van der Waals surface area (Å²) < 4.78 is 1.85. The molecule has 0 unspecified atom stereocenters. The van der Waals surface area contributed by atoms with Crippen LogP contribution in [0.2, 0.25) is 0 Å². The van der Waals surface area contributed by atoms with Gasteiger partial charge in [0.15, 0.2) is 5.65 Å². The van der Waals surface area contributed by atoms with Crippen LogP contribution in [0.15, 0.2) is 30.7 Å². The molecule has 4 aromatic rings. The lowest BCUT2D eigenvalue weighted by molar-refractivity contribution is -0.132. The van der Waals surface area contributed by atoms with E-state index in [4.69, 9.17) is 5.10 Å². The van der Waals surface area contributed by atoms with Crippen molar-refractivity contribution in [3.05, 3.63) is 47.5 Å². The highest BCUT2D eigenvalue weighted by Gasteiger charge is 2.27. The van der Waals surface area contributed by atoms with Crippen molar-refractivity contribution in [2.45, 2.75) is 51.9 Å². The molecule has 0 radical (unpaired) electrons. The highest BCUT2D eigenvalue weighted by atomic mass is 16.2. The van der Waals surface area contributed by atoms with E-state index in [1.165, 1.54) is 22.2 Å². The Balaban J connectivity index is 1.43. The van der Waals surface area contributed by atoms with Gasteiger partial charge in [0.25, 0.3) is 0 Å². The summed E-state index contributed by atoms with van der Waals surface area (Å²) in [5, 5.41) is 13.6. The molecule has 0 spiro atoms. The fourth-order valence-electron chi connectivity index (χ4n) is 5.27. The van der Waals surface area contributed by atoms with Gasteiger partial charge in [0.2, 0.25) is 5.91 Å². The van der Waals surface area contributed by atoms with Gasteiger partial charge in [-0.25, -0.2) is 9.50 Å². The zero-order valence-electron chi connectivity index (χ0n) is 21.4. The maximum absolute atomic E-state index is 12.6. The number of benzene rings is 1. The van der Waals surface area contributed by atoms with Gasteiger partial charge >= 0.3 is 0 Å². The number of amides is 1. The molecule has 1 aromatic carbocycles. The topological polar surface area (TPSA) is 82.4 Å². The van der Waals surface area contributed by atoms with Gasteiger partial charge in [-0.3, -0.25) is 9.89 Å². The number of carbonyl (C=O) groups is 1. The first-order chi connectivity index (χ1) is 16.8. The number of aromatic amines is 1. The number of H-pyrrole nitrogens is 1. The second-order valence-electron chi connectivity index (χ2n) is 10.4. The maximum Gasteiger partial charge on any atom is 0.223 e. The van der Waals surface area contributed by atoms with Crippen LogP contribution < -0.4 is 0 Å². The molecular weight excluding hydrogens is 438 g/mol. The lowest BCUT2D eigenvalue weighted by Gasteiger charge is -2.32. The van der Waals surface area contributed by atoms with Gasteiger partial charge in [-0.15, -0.1) is 0 Å². The van der Waals surface area contributed by atoms with Crippen LogP contribution in [0.5, 0.6) is 0 Å². The van der Waals surface area contributed by atoms with Gasteiger partial charge in [0.1, 0.15) is 6.33 Å². The van der Waals surface area contributed by atoms with Crippen LogP contribution in [0.25, 0.3) is 27.7 Å². The number of aryl methyl sites for hydroxylation is 1. The van der Waals surface area contributed by atoms with Crippen LogP contribution >= 0.6 is 0 Å². The monoisotopic (exact) mass is 473 g/mol. The van der Waals surface area contributed by atoms with Gasteiger partial charge in [0.05, 0.1) is 5.52 Å². The van der Waals surface area contributed by atoms with Crippen molar-refractivity contribution in [3.63, 3.8) is 0 Å². The van der Waals surface area contributed by atoms with Crippen LogP contribution in [0, 0.1) is 6.92 Å². The van der Waals surface area contributed by atoms with Gasteiger partial charge in [-0.05, 0) is 74.7 Å². The summed E-state index contributed by atoms with van der Waals surface area (Å²) in [6, 6.07) is 6.72. The van der Waals surface area contributed by atoms with Crippen molar-refractivity contribution in [1.29, 1.82) is 0 Å². The average molecular weight is 474 g/mol. The van der Waals surface area contributed by atoms with Crippen LogP contribution in [0.1, 0.15) is 61.8 Å². The average Bonchev–Trinajstić information content (AvgIpc) is 3.48. The first-order valence-corrected chi connectivity index (χ1v) is 12.6. The Hall–Kier alpha value is -3.26. The van der Waals surface area contributed by atoms with E-state index in [-0.39, 0.29) is 5.91 Å². The SMILES string of the molecule is Cc1cc(-c2cc3n[nH]c(C4CCN(C(=O)CCN(C)C)CC4)c3cc2C(C)C)cn2ncnc12. The Morgan fingerprint density at radius 3 is 2.69 bits per heavy atom. The zero-order valence-corrected chi connectivity index (χ0v) is 21.4. The highest BCUT2D eigenvalue weighted by molar-refractivity contribution is 5.89. The zero-order chi connectivity index (χ0) is 24.7. The largest absolute Gasteiger partial charge is 0.343 e. The van der Waals surface area contributed by atoms with Crippen molar-refractivity contribution in [2.75, 3.05) is 33.7 Å². The highest BCUT2D eigenvalue weighted by Crippen LogP contribution is 2.38. The number of hydrogen-bond donors (Lipinski definition) is 1. The summed E-state index contributed by atoms with van der Waals surface area (Å²) in [5.74, 6) is 1.01. The predicted octanol–water partition coefficient (Wildman–Crippen LogP) is 4.36. The summed E-state index contributed by atoms with van der Waals surface area (Å²) in [4.78, 5) is 21.0. The molecule has 0 saturated carbocycles. The normalized spacial score (nSPS) is 15.2. The van der Waals surface area contributed by atoms with Crippen LogP contribution in [-0.4, -0.2) is 74.2 Å². The number of aromatic nitrogens is 5. The van der Waals surface area contributed by atoms with E-state index in [9.17, 15) is 4.79 Å². The Morgan fingerprint density at radius 1 is 1.20 bits per heavy atom. The number of nitrogens with zero attached hydrogens (tertiary/aromatic N) is 6. The van der Waals surface area contributed by atoms with Gasteiger partial charge in [-0.2, -0.15) is 10.2 Å². The first-order valence-electron chi connectivity index (χ1n) is 12.6. The van der Waals surface area contributed by atoms with Crippen molar-refractivity contribution >= 4 is 22.5 Å². The number of fused-ring (bicyclic) bond motifs is 2.